The molecule has 1 heterocycles. The molecule has 0 aliphatic heterocycles. The van der Waals surface area contributed by atoms with Crippen molar-refractivity contribution in [3.8, 4) is 5.75 Å². The van der Waals surface area contributed by atoms with Crippen molar-refractivity contribution in [2.24, 2.45) is 0 Å². The van der Waals surface area contributed by atoms with Gasteiger partial charge in [0.05, 0.1) is 12.8 Å². The predicted molar refractivity (Wildman–Crippen MR) is 62.2 cm³/mol. The van der Waals surface area contributed by atoms with Gasteiger partial charge in [0.2, 0.25) is 0 Å². The van der Waals surface area contributed by atoms with Gasteiger partial charge in [0.25, 0.3) is 0 Å². The summed E-state index contributed by atoms with van der Waals surface area (Å²) in [6, 6.07) is 2.05. The van der Waals surface area contributed by atoms with E-state index in [1.165, 1.54) is 5.56 Å². The molecule has 0 N–H and O–H groups in total. The zero-order valence-electron chi connectivity index (χ0n) is 8.83. The van der Waals surface area contributed by atoms with Gasteiger partial charge in [-0.05, 0) is 24.5 Å². The number of hydrogen-bond acceptors (Lipinski definition) is 2. The zero-order chi connectivity index (χ0) is 10.6. The molecule has 0 aromatic carbocycles. The van der Waals surface area contributed by atoms with Gasteiger partial charge < -0.3 is 4.74 Å². The highest BCUT2D eigenvalue weighted by Gasteiger charge is 2.12. The summed E-state index contributed by atoms with van der Waals surface area (Å²) in [5, 5.41) is 0. The van der Waals surface area contributed by atoms with E-state index in [9.17, 15) is 0 Å². The third-order valence-electron chi connectivity index (χ3n) is 2.26. The highest BCUT2D eigenvalue weighted by Crippen LogP contribution is 2.25. The molecule has 0 saturated carbocycles. The normalized spacial score (nSPS) is 14.9. The van der Waals surface area contributed by atoms with Gasteiger partial charge in [-0.2, -0.15) is 0 Å². The summed E-state index contributed by atoms with van der Waals surface area (Å²) in [6.45, 7) is 6.97. The smallest absolute Gasteiger partial charge is 0.137 e. The standard InChI is InChI=1S/C11H16BrNO/c1-4-14-11-5-10(6-13-7-11)8(2)9(3)12/h5-9H,4H2,1-3H3. The molecule has 0 saturated heterocycles. The summed E-state index contributed by atoms with van der Waals surface area (Å²) in [7, 11) is 0. The quantitative estimate of drug-likeness (QED) is 0.772. The number of hydrogen-bond donors (Lipinski definition) is 0. The van der Waals surface area contributed by atoms with E-state index >= 15 is 0 Å². The Morgan fingerprint density at radius 2 is 2.14 bits per heavy atom. The Labute approximate surface area is 93.8 Å². The van der Waals surface area contributed by atoms with Gasteiger partial charge in [0.1, 0.15) is 5.75 Å². The lowest BCUT2D eigenvalue weighted by Crippen LogP contribution is -2.05. The molecule has 0 fully saturated rings. The number of rotatable bonds is 4. The summed E-state index contributed by atoms with van der Waals surface area (Å²) in [5.74, 6) is 1.30. The van der Waals surface area contributed by atoms with Crippen LogP contribution in [0.1, 0.15) is 32.3 Å². The third kappa shape index (κ3) is 2.98. The van der Waals surface area contributed by atoms with Crippen molar-refractivity contribution >= 4 is 15.9 Å². The number of halogens is 1. The molecule has 0 aliphatic carbocycles. The van der Waals surface area contributed by atoms with E-state index in [4.69, 9.17) is 4.74 Å². The van der Waals surface area contributed by atoms with Crippen LogP contribution in [0.3, 0.4) is 0 Å². The number of aromatic nitrogens is 1. The minimum absolute atomic E-state index is 0.446. The lowest BCUT2D eigenvalue weighted by Gasteiger charge is -2.14. The van der Waals surface area contributed by atoms with Crippen LogP contribution in [0.2, 0.25) is 0 Å². The van der Waals surface area contributed by atoms with Crippen molar-refractivity contribution in [3.05, 3.63) is 24.0 Å². The minimum atomic E-state index is 0.446. The Hall–Kier alpha value is -0.570. The average Bonchev–Trinajstić information content (AvgIpc) is 2.17. The number of nitrogens with zero attached hydrogens (tertiary/aromatic N) is 1. The maximum absolute atomic E-state index is 5.40. The minimum Gasteiger partial charge on any atom is -0.492 e. The first kappa shape index (κ1) is 11.5. The molecule has 1 rings (SSSR count). The van der Waals surface area contributed by atoms with Crippen LogP contribution in [-0.2, 0) is 0 Å². The van der Waals surface area contributed by atoms with Crippen molar-refractivity contribution in [3.63, 3.8) is 0 Å². The molecule has 0 radical (unpaired) electrons. The molecular formula is C11H16BrNO. The first-order chi connectivity index (χ1) is 6.65. The fourth-order valence-corrected chi connectivity index (χ4v) is 1.50. The van der Waals surface area contributed by atoms with E-state index in [2.05, 4.69) is 40.8 Å². The maximum atomic E-state index is 5.40. The SMILES string of the molecule is CCOc1cncc(C(C)C(C)Br)c1. The molecule has 1 aromatic rings. The number of pyridine rings is 1. The van der Waals surface area contributed by atoms with Gasteiger partial charge in [0.15, 0.2) is 0 Å². The van der Waals surface area contributed by atoms with E-state index in [1.54, 1.807) is 6.20 Å². The molecule has 0 spiro atoms. The van der Waals surface area contributed by atoms with Gasteiger partial charge in [-0.3, -0.25) is 4.98 Å². The van der Waals surface area contributed by atoms with Crippen LogP contribution in [0.4, 0.5) is 0 Å². The maximum Gasteiger partial charge on any atom is 0.137 e. The summed E-state index contributed by atoms with van der Waals surface area (Å²) in [6.07, 6.45) is 3.64. The Balaban J connectivity index is 2.82. The van der Waals surface area contributed by atoms with Gasteiger partial charge in [-0.25, -0.2) is 0 Å². The molecule has 2 nitrogen and oxygen atoms in total. The van der Waals surface area contributed by atoms with Crippen molar-refractivity contribution < 1.29 is 4.74 Å². The Morgan fingerprint density at radius 3 is 2.71 bits per heavy atom. The molecule has 0 amide bonds. The Bertz CT molecular complexity index is 288. The van der Waals surface area contributed by atoms with Crippen LogP contribution in [0.15, 0.2) is 18.5 Å². The Morgan fingerprint density at radius 1 is 1.43 bits per heavy atom. The summed E-state index contributed by atoms with van der Waals surface area (Å²) >= 11 is 3.57. The van der Waals surface area contributed by atoms with Crippen LogP contribution in [0.5, 0.6) is 5.75 Å². The molecule has 3 heteroatoms. The molecule has 78 valence electrons. The highest BCUT2D eigenvalue weighted by atomic mass is 79.9. The van der Waals surface area contributed by atoms with Gasteiger partial charge in [-0.15, -0.1) is 0 Å². The first-order valence-electron chi connectivity index (χ1n) is 4.87. The number of ether oxygens (including phenoxy) is 1. The molecule has 0 bridgehead atoms. The van der Waals surface area contributed by atoms with E-state index in [0.717, 1.165) is 5.75 Å². The van der Waals surface area contributed by atoms with Crippen LogP contribution in [-0.4, -0.2) is 16.4 Å². The van der Waals surface area contributed by atoms with Crippen molar-refractivity contribution in [1.82, 2.24) is 4.98 Å². The van der Waals surface area contributed by atoms with Crippen molar-refractivity contribution in [2.45, 2.75) is 31.5 Å². The topological polar surface area (TPSA) is 22.1 Å². The lowest BCUT2D eigenvalue weighted by atomic mass is 10.0. The monoisotopic (exact) mass is 257 g/mol. The Kier molecular flexibility index (Phi) is 4.39. The van der Waals surface area contributed by atoms with Crippen LogP contribution >= 0.6 is 15.9 Å². The second kappa shape index (κ2) is 5.35. The van der Waals surface area contributed by atoms with Gasteiger partial charge in [-0.1, -0.05) is 29.8 Å². The van der Waals surface area contributed by atoms with E-state index in [1.807, 2.05) is 13.1 Å². The summed E-state index contributed by atoms with van der Waals surface area (Å²) < 4.78 is 5.40. The highest BCUT2D eigenvalue weighted by molar-refractivity contribution is 9.09. The fraction of sp³-hybridized carbons (Fsp3) is 0.545. The second-order valence-corrected chi connectivity index (χ2v) is 4.80. The molecule has 2 atom stereocenters. The van der Waals surface area contributed by atoms with E-state index in [0.29, 0.717) is 17.4 Å². The zero-order valence-corrected chi connectivity index (χ0v) is 10.4. The van der Waals surface area contributed by atoms with Crippen LogP contribution in [0, 0.1) is 0 Å². The fourth-order valence-electron chi connectivity index (χ4n) is 1.20. The predicted octanol–water partition coefficient (Wildman–Crippen LogP) is 3.37. The number of alkyl halides is 1. The van der Waals surface area contributed by atoms with Gasteiger partial charge in [0, 0.05) is 11.0 Å². The average molecular weight is 258 g/mol. The van der Waals surface area contributed by atoms with E-state index < -0.39 is 0 Å². The third-order valence-corrected chi connectivity index (χ3v) is 3.05. The van der Waals surface area contributed by atoms with Gasteiger partial charge >= 0.3 is 0 Å². The summed E-state index contributed by atoms with van der Waals surface area (Å²) in [5.41, 5.74) is 1.21. The molecule has 1 aromatic heterocycles. The van der Waals surface area contributed by atoms with Crippen molar-refractivity contribution in [2.75, 3.05) is 6.61 Å². The summed E-state index contributed by atoms with van der Waals surface area (Å²) in [4.78, 5) is 4.61. The molecule has 0 aliphatic rings. The largest absolute Gasteiger partial charge is 0.492 e. The molecule has 2 unspecified atom stereocenters. The molecular weight excluding hydrogens is 242 g/mol. The second-order valence-electron chi connectivity index (χ2n) is 3.35. The van der Waals surface area contributed by atoms with Crippen LogP contribution < -0.4 is 4.74 Å². The van der Waals surface area contributed by atoms with E-state index in [-0.39, 0.29) is 0 Å². The molecule has 14 heavy (non-hydrogen) atoms. The van der Waals surface area contributed by atoms with Crippen molar-refractivity contribution in [1.29, 1.82) is 0 Å². The first-order valence-corrected chi connectivity index (χ1v) is 5.78. The van der Waals surface area contributed by atoms with Crippen LogP contribution in [0.25, 0.3) is 0 Å². The lowest BCUT2D eigenvalue weighted by molar-refractivity contribution is 0.338.